The van der Waals surface area contributed by atoms with Crippen LogP contribution < -0.4 is 5.32 Å². The van der Waals surface area contributed by atoms with Gasteiger partial charge in [-0.3, -0.25) is 9.59 Å². The second-order valence-electron chi connectivity index (χ2n) is 3.22. The summed E-state index contributed by atoms with van der Waals surface area (Å²) < 4.78 is 0.808. The van der Waals surface area contributed by atoms with E-state index in [1.54, 1.807) is 12.1 Å². The van der Waals surface area contributed by atoms with Crippen molar-refractivity contribution in [1.82, 2.24) is 5.32 Å². The van der Waals surface area contributed by atoms with E-state index in [1.165, 1.54) is 0 Å². The third-order valence-electron chi connectivity index (χ3n) is 2.31. The van der Waals surface area contributed by atoms with Gasteiger partial charge in [0.2, 0.25) is 0 Å². The topological polar surface area (TPSA) is 46.2 Å². The van der Waals surface area contributed by atoms with E-state index in [0.29, 0.717) is 17.7 Å². The molecule has 1 N–H and O–H groups in total. The summed E-state index contributed by atoms with van der Waals surface area (Å²) in [5, 5.41) is 2.98. The third kappa shape index (κ3) is 1.86. The molecule has 1 aromatic rings. The first kappa shape index (κ1) is 10.8. The molecule has 3 nitrogen and oxygen atoms in total. The van der Waals surface area contributed by atoms with E-state index < -0.39 is 0 Å². The van der Waals surface area contributed by atoms with Crippen molar-refractivity contribution in [2.24, 2.45) is 0 Å². The number of benzene rings is 1. The summed E-state index contributed by atoms with van der Waals surface area (Å²) in [4.78, 5) is 22.9. The maximum absolute atomic E-state index is 11.5. The third-order valence-corrected chi connectivity index (χ3v) is 3.53. The van der Waals surface area contributed by atoms with Gasteiger partial charge in [0, 0.05) is 22.1 Å². The average molecular weight is 333 g/mol. The van der Waals surface area contributed by atoms with Crippen LogP contribution in [-0.4, -0.2) is 17.0 Å². The van der Waals surface area contributed by atoms with Gasteiger partial charge in [-0.1, -0.05) is 31.9 Å². The molecule has 0 aromatic heterocycles. The molecule has 78 valence electrons. The molecule has 0 saturated carbocycles. The fourth-order valence-electron chi connectivity index (χ4n) is 1.52. The van der Waals surface area contributed by atoms with Crippen LogP contribution in [0, 0.1) is 0 Å². The van der Waals surface area contributed by atoms with Crippen molar-refractivity contribution in [3.05, 3.63) is 33.3 Å². The molecule has 0 aliphatic carbocycles. The van der Waals surface area contributed by atoms with E-state index in [0.717, 1.165) is 10.0 Å². The molecule has 1 heterocycles. The molecular weight excluding hydrogens is 326 g/mol. The van der Waals surface area contributed by atoms with Crippen molar-refractivity contribution >= 4 is 43.6 Å². The Bertz CT molecular complexity index is 457. The molecule has 1 amide bonds. The van der Waals surface area contributed by atoms with Crippen molar-refractivity contribution in [3.63, 3.8) is 0 Å². The number of hydrogen-bond donors (Lipinski definition) is 1. The molecule has 0 bridgehead atoms. The number of Topliss-reactive ketones (excluding diaryl/α,β-unsaturated/α-hetero) is 1. The van der Waals surface area contributed by atoms with Crippen LogP contribution in [0.3, 0.4) is 0 Å². The smallest absolute Gasteiger partial charge is 0.251 e. The largest absolute Gasteiger partial charge is 0.348 e. The number of carbonyl (C=O) groups excluding carboxylic acids is 2. The van der Waals surface area contributed by atoms with Crippen LogP contribution >= 0.6 is 31.9 Å². The second kappa shape index (κ2) is 4.06. The van der Waals surface area contributed by atoms with Gasteiger partial charge in [0.05, 0.1) is 5.33 Å². The first-order chi connectivity index (χ1) is 7.13. The number of fused-ring (bicyclic) bond motifs is 1. The van der Waals surface area contributed by atoms with Crippen molar-refractivity contribution in [3.8, 4) is 0 Å². The molecule has 15 heavy (non-hydrogen) atoms. The van der Waals surface area contributed by atoms with Gasteiger partial charge in [0.1, 0.15) is 0 Å². The zero-order valence-electron chi connectivity index (χ0n) is 7.64. The zero-order valence-corrected chi connectivity index (χ0v) is 10.8. The lowest BCUT2D eigenvalue weighted by Crippen LogP contribution is -2.12. The summed E-state index contributed by atoms with van der Waals surface area (Å²) in [5.74, 6) is -0.145. The normalized spacial score (nSPS) is 13.6. The Balaban J connectivity index is 2.55. The minimum absolute atomic E-state index is 0.0294. The molecule has 5 heteroatoms. The molecule has 0 spiro atoms. The molecule has 1 aliphatic rings. The van der Waals surface area contributed by atoms with E-state index >= 15 is 0 Å². The zero-order chi connectivity index (χ0) is 11.0. The van der Waals surface area contributed by atoms with Gasteiger partial charge in [-0.05, 0) is 17.7 Å². The van der Waals surface area contributed by atoms with Crippen molar-refractivity contribution in [1.29, 1.82) is 0 Å². The van der Waals surface area contributed by atoms with Crippen LogP contribution in [0.2, 0.25) is 0 Å². The van der Waals surface area contributed by atoms with Crippen LogP contribution in [-0.2, 0) is 6.54 Å². The lowest BCUT2D eigenvalue weighted by molar-refractivity contribution is 0.0965. The summed E-state index contributed by atoms with van der Waals surface area (Å²) in [6.45, 7) is 0.525. The molecule has 2 rings (SSSR count). The number of ketones is 1. The number of halogens is 2. The van der Waals surface area contributed by atoms with Crippen LogP contribution in [0.1, 0.15) is 26.3 Å². The number of alkyl halides is 1. The number of carbonyl (C=O) groups is 2. The molecule has 0 radical (unpaired) electrons. The molecule has 0 fully saturated rings. The van der Waals surface area contributed by atoms with Gasteiger partial charge in [-0.2, -0.15) is 0 Å². The fraction of sp³-hybridized carbons (Fsp3) is 0.200. The Hall–Kier alpha value is -0.680. The number of rotatable bonds is 2. The predicted molar refractivity (Wildman–Crippen MR) is 63.4 cm³/mol. The highest BCUT2D eigenvalue weighted by atomic mass is 79.9. The second-order valence-corrected chi connectivity index (χ2v) is 4.64. The number of nitrogens with one attached hydrogen (secondary N) is 1. The Kier molecular flexibility index (Phi) is 2.93. The van der Waals surface area contributed by atoms with Gasteiger partial charge in [0.25, 0.3) is 5.91 Å². The molecule has 1 aromatic carbocycles. The van der Waals surface area contributed by atoms with Crippen molar-refractivity contribution in [2.45, 2.75) is 6.54 Å². The van der Waals surface area contributed by atoms with E-state index in [9.17, 15) is 9.59 Å². The Morgan fingerprint density at radius 1 is 1.47 bits per heavy atom. The summed E-state index contributed by atoms with van der Waals surface area (Å²) in [5.41, 5.74) is 2.06. The lowest BCUT2D eigenvalue weighted by Gasteiger charge is -2.03. The van der Waals surface area contributed by atoms with Crippen LogP contribution in [0.25, 0.3) is 0 Å². The van der Waals surface area contributed by atoms with E-state index in [1.807, 2.05) is 0 Å². The predicted octanol–water partition coefficient (Wildman–Crippen LogP) is 2.27. The Labute approximate surface area is 103 Å². The van der Waals surface area contributed by atoms with Crippen LogP contribution in [0.4, 0.5) is 0 Å². The lowest BCUT2D eigenvalue weighted by atomic mass is 10.0. The van der Waals surface area contributed by atoms with Gasteiger partial charge in [-0.25, -0.2) is 0 Å². The Morgan fingerprint density at radius 3 is 2.87 bits per heavy atom. The van der Waals surface area contributed by atoms with Gasteiger partial charge >= 0.3 is 0 Å². The molecule has 0 atom stereocenters. The highest BCUT2D eigenvalue weighted by Gasteiger charge is 2.23. The SMILES string of the molecule is O=C(CBr)c1cc(Br)c2c(c1)C(=O)NC2. The van der Waals surface area contributed by atoms with E-state index in [4.69, 9.17) is 0 Å². The first-order valence-electron chi connectivity index (χ1n) is 4.33. The van der Waals surface area contributed by atoms with Crippen molar-refractivity contribution in [2.75, 3.05) is 5.33 Å². The first-order valence-corrected chi connectivity index (χ1v) is 6.24. The monoisotopic (exact) mass is 331 g/mol. The summed E-state index contributed by atoms with van der Waals surface area (Å²) >= 11 is 6.47. The van der Waals surface area contributed by atoms with Crippen molar-refractivity contribution < 1.29 is 9.59 Å². The van der Waals surface area contributed by atoms with Gasteiger partial charge < -0.3 is 5.32 Å². The molecular formula is C10H7Br2NO2. The van der Waals surface area contributed by atoms with Crippen LogP contribution in [0.5, 0.6) is 0 Å². The quantitative estimate of drug-likeness (QED) is 0.667. The summed E-state index contributed by atoms with van der Waals surface area (Å²) in [7, 11) is 0. The standard InChI is InChI=1S/C10H7Br2NO2/c11-3-9(14)5-1-6-7(8(12)2-5)4-13-10(6)15/h1-2H,3-4H2,(H,13,15). The van der Waals surface area contributed by atoms with E-state index in [-0.39, 0.29) is 17.0 Å². The Morgan fingerprint density at radius 2 is 2.20 bits per heavy atom. The fourth-order valence-corrected chi connectivity index (χ4v) is 2.44. The molecule has 0 saturated heterocycles. The highest BCUT2D eigenvalue weighted by molar-refractivity contribution is 9.10. The summed E-state index contributed by atoms with van der Waals surface area (Å²) in [6, 6.07) is 3.40. The highest BCUT2D eigenvalue weighted by Crippen LogP contribution is 2.27. The maximum atomic E-state index is 11.5. The van der Waals surface area contributed by atoms with Gasteiger partial charge in [0.15, 0.2) is 5.78 Å². The molecule has 0 unspecified atom stereocenters. The molecule has 1 aliphatic heterocycles. The number of amides is 1. The minimum atomic E-state index is -0.116. The van der Waals surface area contributed by atoms with Crippen LogP contribution in [0.15, 0.2) is 16.6 Å². The summed E-state index contributed by atoms with van der Waals surface area (Å²) in [6.07, 6.45) is 0. The van der Waals surface area contributed by atoms with E-state index in [2.05, 4.69) is 37.2 Å². The average Bonchev–Trinajstić information content (AvgIpc) is 2.60. The maximum Gasteiger partial charge on any atom is 0.251 e. The number of hydrogen-bond acceptors (Lipinski definition) is 2. The minimum Gasteiger partial charge on any atom is -0.348 e. The van der Waals surface area contributed by atoms with Gasteiger partial charge in [-0.15, -0.1) is 0 Å².